The second-order valence-corrected chi connectivity index (χ2v) is 8.57. The van der Waals surface area contributed by atoms with Crippen molar-refractivity contribution < 1.29 is 28.9 Å². The minimum absolute atomic E-state index is 0.182. The highest BCUT2D eigenvalue weighted by atomic mass is 16.6. The molecule has 0 aromatic carbocycles. The number of hydrogen-bond acceptors (Lipinski definition) is 10. The van der Waals surface area contributed by atoms with Crippen LogP contribution in [0, 0.1) is 17.2 Å². The fourth-order valence-electron chi connectivity index (χ4n) is 4.73. The summed E-state index contributed by atoms with van der Waals surface area (Å²) in [6.07, 6.45) is 3.05. The van der Waals surface area contributed by atoms with Gasteiger partial charge < -0.3 is 25.1 Å². The Balaban J connectivity index is 1.56. The first kappa shape index (κ1) is 22.9. The van der Waals surface area contributed by atoms with Gasteiger partial charge in [-0.3, -0.25) is 9.59 Å². The highest BCUT2D eigenvalue weighted by molar-refractivity contribution is 5.70. The van der Waals surface area contributed by atoms with Crippen molar-refractivity contribution in [3.63, 3.8) is 0 Å². The van der Waals surface area contributed by atoms with Gasteiger partial charge in [0.1, 0.15) is 36.7 Å². The Morgan fingerprint density at radius 2 is 2.12 bits per heavy atom. The standard InChI is InChI=1S/C22H27N5O6/c1-13(28)32-19-16(10-31-18(29)9-14-5-3-2-4-6-14)33-22(11-23,20(19)30)17-8-7-15-21(24)25-12-26-27(15)17/h7-8,12,14,16,19-20,30H,2-6,9-10H2,1H3,(H2,24,25,26)/t16-,19-,20-,22+/m1/s1. The van der Waals surface area contributed by atoms with E-state index in [1.54, 1.807) is 6.07 Å². The van der Waals surface area contributed by atoms with E-state index < -0.39 is 29.9 Å². The number of nitriles is 1. The van der Waals surface area contributed by atoms with Crippen LogP contribution in [0.3, 0.4) is 0 Å². The van der Waals surface area contributed by atoms with Crippen molar-refractivity contribution in [1.29, 1.82) is 5.26 Å². The number of anilines is 1. The zero-order valence-corrected chi connectivity index (χ0v) is 18.3. The topological polar surface area (TPSA) is 162 Å². The fraction of sp³-hybridized carbons (Fsp3) is 0.591. The first-order valence-corrected chi connectivity index (χ1v) is 11.0. The van der Waals surface area contributed by atoms with Crippen molar-refractivity contribution >= 4 is 23.3 Å². The molecule has 4 rings (SSSR count). The van der Waals surface area contributed by atoms with Gasteiger partial charge in [-0.2, -0.15) is 10.4 Å². The minimum Gasteiger partial charge on any atom is -0.463 e. The first-order chi connectivity index (χ1) is 15.9. The Kier molecular flexibility index (Phi) is 6.49. The average molecular weight is 457 g/mol. The summed E-state index contributed by atoms with van der Waals surface area (Å²) in [5.41, 5.74) is 4.55. The Morgan fingerprint density at radius 3 is 2.82 bits per heavy atom. The molecule has 2 fully saturated rings. The van der Waals surface area contributed by atoms with Crippen LogP contribution in [0.25, 0.3) is 5.52 Å². The summed E-state index contributed by atoms with van der Waals surface area (Å²) in [4.78, 5) is 28.0. The normalized spacial score (nSPS) is 27.8. The van der Waals surface area contributed by atoms with E-state index in [1.165, 1.54) is 30.3 Å². The van der Waals surface area contributed by atoms with Gasteiger partial charge in [0.05, 0.1) is 5.69 Å². The number of carbonyl (C=O) groups excluding carboxylic acids is 2. The number of aromatic nitrogens is 3. The summed E-state index contributed by atoms with van der Waals surface area (Å²) in [6, 6.07) is 5.13. The van der Waals surface area contributed by atoms with Crippen molar-refractivity contribution in [2.24, 2.45) is 5.92 Å². The molecule has 0 unspecified atom stereocenters. The van der Waals surface area contributed by atoms with Crippen LogP contribution in [0.15, 0.2) is 18.5 Å². The molecule has 0 bridgehead atoms. The lowest BCUT2D eigenvalue weighted by molar-refractivity contribution is -0.158. The molecule has 0 radical (unpaired) electrons. The second-order valence-electron chi connectivity index (χ2n) is 8.57. The highest BCUT2D eigenvalue weighted by Gasteiger charge is 2.59. The number of ether oxygens (including phenoxy) is 3. The molecule has 3 heterocycles. The molecule has 1 aliphatic heterocycles. The molecule has 1 saturated carbocycles. The molecule has 11 nitrogen and oxygen atoms in total. The molecule has 2 aliphatic rings. The molecule has 1 saturated heterocycles. The SMILES string of the molecule is CC(=O)O[C@H]1[C@@H](O)[C@](C#N)(c2ccc3c(N)ncnn23)O[C@@H]1COC(=O)CC1CCCCC1. The number of rotatable bonds is 6. The van der Waals surface area contributed by atoms with Gasteiger partial charge in [-0.05, 0) is 30.9 Å². The highest BCUT2D eigenvalue weighted by Crippen LogP contribution is 2.41. The van der Waals surface area contributed by atoms with Gasteiger partial charge in [-0.25, -0.2) is 9.50 Å². The number of nitrogens with two attached hydrogens (primary N) is 1. The zero-order valence-electron chi connectivity index (χ0n) is 18.3. The molecule has 3 N–H and O–H groups in total. The van der Waals surface area contributed by atoms with Crippen LogP contribution in [0.5, 0.6) is 0 Å². The molecule has 0 spiro atoms. The van der Waals surface area contributed by atoms with Gasteiger partial charge >= 0.3 is 11.9 Å². The largest absolute Gasteiger partial charge is 0.463 e. The van der Waals surface area contributed by atoms with Gasteiger partial charge in [-0.15, -0.1) is 0 Å². The number of nitrogens with zero attached hydrogens (tertiary/aromatic N) is 4. The van der Waals surface area contributed by atoms with Crippen LogP contribution in [0.2, 0.25) is 0 Å². The molecular formula is C22H27N5O6. The third-order valence-electron chi connectivity index (χ3n) is 6.35. The van der Waals surface area contributed by atoms with Crippen LogP contribution >= 0.6 is 0 Å². The zero-order chi connectivity index (χ0) is 23.6. The monoisotopic (exact) mass is 457 g/mol. The minimum atomic E-state index is -1.94. The molecule has 176 valence electrons. The predicted octanol–water partition coefficient (Wildman–Crippen LogP) is 1.24. The Bertz CT molecular complexity index is 1070. The number of esters is 2. The van der Waals surface area contributed by atoms with Crippen LogP contribution in [0.1, 0.15) is 51.1 Å². The van der Waals surface area contributed by atoms with E-state index in [9.17, 15) is 20.0 Å². The van der Waals surface area contributed by atoms with Crippen molar-refractivity contribution in [3.8, 4) is 6.07 Å². The Hall–Kier alpha value is -3.23. The van der Waals surface area contributed by atoms with Crippen LogP contribution in [-0.4, -0.2) is 56.6 Å². The van der Waals surface area contributed by atoms with Gasteiger partial charge in [0.25, 0.3) is 0 Å². The number of fused-ring (bicyclic) bond motifs is 1. The van der Waals surface area contributed by atoms with Crippen molar-refractivity contribution in [2.45, 2.75) is 69.4 Å². The first-order valence-electron chi connectivity index (χ1n) is 11.0. The van der Waals surface area contributed by atoms with E-state index in [0.717, 1.165) is 25.7 Å². The molecule has 2 aromatic heterocycles. The summed E-state index contributed by atoms with van der Waals surface area (Å²) in [5, 5.41) is 25.3. The van der Waals surface area contributed by atoms with E-state index >= 15 is 0 Å². The Labute approximate surface area is 190 Å². The van der Waals surface area contributed by atoms with E-state index in [2.05, 4.69) is 10.1 Å². The van der Waals surface area contributed by atoms with Crippen molar-refractivity contribution in [1.82, 2.24) is 14.6 Å². The van der Waals surface area contributed by atoms with Crippen molar-refractivity contribution in [2.75, 3.05) is 12.3 Å². The molecule has 0 amide bonds. The lowest BCUT2D eigenvalue weighted by Crippen LogP contribution is -2.43. The Morgan fingerprint density at radius 1 is 1.36 bits per heavy atom. The fourth-order valence-corrected chi connectivity index (χ4v) is 4.73. The summed E-state index contributed by atoms with van der Waals surface area (Å²) in [7, 11) is 0. The van der Waals surface area contributed by atoms with Crippen LogP contribution in [-0.2, 0) is 29.4 Å². The number of aliphatic hydroxyl groups is 1. The summed E-state index contributed by atoms with van der Waals surface area (Å²) < 4.78 is 18.0. The van der Waals surface area contributed by atoms with Gasteiger partial charge in [-0.1, -0.05) is 19.3 Å². The predicted molar refractivity (Wildman–Crippen MR) is 113 cm³/mol. The van der Waals surface area contributed by atoms with Gasteiger partial charge in [0, 0.05) is 13.3 Å². The lowest BCUT2D eigenvalue weighted by Gasteiger charge is -2.24. The number of carbonyl (C=O) groups is 2. The third kappa shape index (κ3) is 4.36. The van der Waals surface area contributed by atoms with Gasteiger partial charge in [0.2, 0.25) is 5.60 Å². The van der Waals surface area contributed by atoms with Gasteiger partial charge in [0.15, 0.2) is 11.9 Å². The van der Waals surface area contributed by atoms with E-state index in [0.29, 0.717) is 17.9 Å². The maximum Gasteiger partial charge on any atom is 0.306 e. The molecule has 2 aromatic rings. The average Bonchev–Trinajstić information content (AvgIpc) is 3.34. The number of hydrogen-bond donors (Lipinski definition) is 2. The lowest BCUT2D eigenvalue weighted by atomic mass is 9.87. The number of aliphatic hydroxyl groups excluding tert-OH is 1. The summed E-state index contributed by atoms with van der Waals surface area (Å²) >= 11 is 0. The molecule has 4 atom stereocenters. The molecule has 11 heteroatoms. The third-order valence-corrected chi connectivity index (χ3v) is 6.35. The molecular weight excluding hydrogens is 430 g/mol. The van der Waals surface area contributed by atoms with Crippen LogP contribution < -0.4 is 5.73 Å². The van der Waals surface area contributed by atoms with E-state index in [-0.39, 0.29) is 24.1 Å². The van der Waals surface area contributed by atoms with Crippen LogP contribution in [0.4, 0.5) is 5.82 Å². The maximum absolute atomic E-state index is 12.4. The second kappa shape index (κ2) is 9.33. The van der Waals surface area contributed by atoms with E-state index in [4.69, 9.17) is 19.9 Å². The number of nitrogen functional groups attached to an aromatic ring is 1. The summed E-state index contributed by atoms with van der Waals surface area (Å²) in [6.45, 7) is 0.913. The molecule has 33 heavy (non-hydrogen) atoms. The molecule has 1 aliphatic carbocycles. The maximum atomic E-state index is 12.4. The smallest absolute Gasteiger partial charge is 0.306 e. The quantitative estimate of drug-likeness (QED) is 0.603. The van der Waals surface area contributed by atoms with E-state index in [1.807, 2.05) is 6.07 Å². The van der Waals surface area contributed by atoms with Crippen molar-refractivity contribution in [3.05, 3.63) is 24.2 Å². The summed E-state index contributed by atoms with van der Waals surface area (Å²) in [5.74, 6) is -0.575.